The zero-order chi connectivity index (χ0) is 17.9. The fourth-order valence-corrected chi connectivity index (χ4v) is 3.11. The molecule has 0 saturated carbocycles. The molecule has 1 aliphatic heterocycles. The van der Waals surface area contributed by atoms with Crippen molar-refractivity contribution < 1.29 is 4.79 Å². The number of carbonyl (C=O) groups excluding carboxylic acids is 1. The second-order valence-corrected chi connectivity index (χ2v) is 6.44. The fraction of sp³-hybridized carbons (Fsp3) is 0.222. The minimum atomic E-state index is -0.305. The van der Waals surface area contributed by atoms with E-state index in [4.69, 9.17) is 11.6 Å². The molecule has 0 bridgehead atoms. The van der Waals surface area contributed by atoms with Gasteiger partial charge in [-0.1, -0.05) is 23.7 Å². The molecule has 0 spiro atoms. The van der Waals surface area contributed by atoms with Gasteiger partial charge in [-0.3, -0.25) is 4.79 Å². The highest BCUT2D eigenvalue weighted by molar-refractivity contribution is 6.32. The first-order valence-electron chi connectivity index (χ1n) is 8.38. The number of amides is 1. The van der Waals surface area contributed by atoms with Gasteiger partial charge < -0.3 is 10.6 Å². The lowest BCUT2D eigenvalue weighted by Crippen LogP contribution is -2.18. The fourth-order valence-electron chi connectivity index (χ4n) is 2.89. The standard InChI is InChI=1S/C18H17ClN6O/c19-13-4-1-2-6-15(13)25-9-7-16(24-25)23-18(26)12-10-21-17(22-11-12)14-5-3-8-20-14/h1-2,4,6-7,9-11,14,20H,3,5,8H2,(H,23,24,26). The van der Waals surface area contributed by atoms with Gasteiger partial charge in [-0.05, 0) is 31.5 Å². The first-order chi connectivity index (χ1) is 12.7. The van der Waals surface area contributed by atoms with E-state index in [2.05, 4.69) is 25.7 Å². The summed E-state index contributed by atoms with van der Waals surface area (Å²) in [6.45, 7) is 0.977. The van der Waals surface area contributed by atoms with Crippen LogP contribution in [0.2, 0.25) is 5.02 Å². The summed E-state index contributed by atoms with van der Waals surface area (Å²) in [5, 5.41) is 11.0. The Morgan fingerprint density at radius 2 is 2.04 bits per heavy atom. The smallest absolute Gasteiger partial charge is 0.260 e. The Morgan fingerprint density at radius 1 is 1.23 bits per heavy atom. The molecular weight excluding hydrogens is 352 g/mol. The molecule has 7 nitrogen and oxygen atoms in total. The van der Waals surface area contributed by atoms with E-state index < -0.39 is 0 Å². The number of nitrogens with one attached hydrogen (secondary N) is 2. The van der Waals surface area contributed by atoms with Crippen LogP contribution in [-0.2, 0) is 0 Å². The van der Waals surface area contributed by atoms with Crippen LogP contribution in [0.25, 0.3) is 5.69 Å². The molecule has 1 unspecified atom stereocenters. The average molecular weight is 369 g/mol. The first kappa shape index (κ1) is 16.7. The van der Waals surface area contributed by atoms with Crippen molar-refractivity contribution in [2.75, 3.05) is 11.9 Å². The van der Waals surface area contributed by atoms with Gasteiger partial charge in [0.1, 0.15) is 5.82 Å². The molecule has 0 radical (unpaired) electrons. The van der Waals surface area contributed by atoms with E-state index in [1.807, 2.05) is 18.2 Å². The summed E-state index contributed by atoms with van der Waals surface area (Å²) in [7, 11) is 0. The maximum absolute atomic E-state index is 12.4. The van der Waals surface area contributed by atoms with Crippen molar-refractivity contribution in [3.63, 3.8) is 0 Å². The zero-order valence-electron chi connectivity index (χ0n) is 13.9. The van der Waals surface area contributed by atoms with Gasteiger partial charge in [-0.2, -0.15) is 0 Å². The highest BCUT2D eigenvalue weighted by Gasteiger charge is 2.19. The third-order valence-electron chi connectivity index (χ3n) is 4.24. The highest BCUT2D eigenvalue weighted by Crippen LogP contribution is 2.21. The van der Waals surface area contributed by atoms with Gasteiger partial charge in [0.25, 0.3) is 5.91 Å². The van der Waals surface area contributed by atoms with Crippen LogP contribution in [0.4, 0.5) is 5.82 Å². The molecule has 8 heteroatoms. The minimum Gasteiger partial charge on any atom is -0.307 e. The van der Waals surface area contributed by atoms with E-state index in [1.54, 1.807) is 35.4 Å². The zero-order valence-corrected chi connectivity index (χ0v) is 14.6. The number of carbonyl (C=O) groups is 1. The Bertz CT molecular complexity index is 917. The van der Waals surface area contributed by atoms with E-state index in [-0.39, 0.29) is 11.9 Å². The lowest BCUT2D eigenvalue weighted by atomic mass is 10.2. The van der Waals surface area contributed by atoms with E-state index in [0.717, 1.165) is 30.9 Å². The van der Waals surface area contributed by atoms with Gasteiger partial charge in [0.2, 0.25) is 0 Å². The minimum absolute atomic E-state index is 0.179. The molecule has 26 heavy (non-hydrogen) atoms. The Kier molecular flexibility index (Phi) is 4.64. The molecule has 1 aliphatic rings. The summed E-state index contributed by atoms with van der Waals surface area (Å²) >= 11 is 6.17. The molecule has 1 fully saturated rings. The summed E-state index contributed by atoms with van der Waals surface area (Å²) in [5.41, 5.74) is 1.13. The number of rotatable bonds is 4. The van der Waals surface area contributed by atoms with E-state index >= 15 is 0 Å². The quantitative estimate of drug-likeness (QED) is 0.739. The van der Waals surface area contributed by atoms with Crippen molar-refractivity contribution in [1.82, 2.24) is 25.1 Å². The van der Waals surface area contributed by atoms with Gasteiger partial charge in [0.15, 0.2) is 5.82 Å². The third-order valence-corrected chi connectivity index (χ3v) is 4.56. The predicted octanol–water partition coefficient (Wildman–Crippen LogP) is 2.99. The average Bonchev–Trinajstić information content (AvgIpc) is 3.34. The molecule has 1 saturated heterocycles. The van der Waals surface area contributed by atoms with Crippen molar-refractivity contribution >= 4 is 23.3 Å². The van der Waals surface area contributed by atoms with Crippen LogP contribution in [0.5, 0.6) is 0 Å². The summed E-state index contributed by atoms with van der Waals surface area (Å²) in [6.07, 6.45) is 6.96. The lowest BCUT2D eigenvalue weighted by molar-refractivity contribution is 0.102. The van der Waals surface area contributed by atoms with Crippen LogP contribution < -0.4 is 10.6 Å². The molecule has 2 N–H and O–H groups in total. The van der Waals surface area contributed by atoms with Crippen molar-refractivity contribution in [3.05, 3.63) is 65.3 Å². The Morgan fingerprint density at radius 3 is 2.77 bits per heavy atom. The maximum Gasteiger partial charge on any atom is 0.260 e. The maximum atomic E-state index is 12.4. The molecule has 1 aromatic carbocycles. The Labute approximate surface area is 155 Å². The number of nitrogens with zero attached hydrogens (tertiary/aromatic N) is 4. The van der Waals surface area contributed by atoms with Gasteiger partial charge in [-0.25, -0.2) is 14.6 Å². The van der Waals surface area contributed by atoms with Crippen molar-refractivity contribution in [2.24, 2.45) is 0 Å². The topological polar surface area (TPSA) is 84.7 Å². The van der Waals surface area contributed by atoms with E-state index in [0.29, 0.717) is 16.4 Å². The van der Waals surface area contributed by atoms with Crippen molar-refractivity contribution in [1.29, 1.82) is 0 Å². The molecular formula is C18H17ClN6O. The molecule has 3 aromatic rings. The number of hydrogen-bond acceptors (Lipinski definition) is 5. The molecule has 2 aromatic heterocycles. The van der Waals surface area contributed by atoms with E-state index in [1.165, 1.54) is 0 Å². The van der Waals surface area contributed by atoms with Gasteiger partial charge in [0.05, 0.1) is 22.3 Å². The Hall–Kier alpha value is -2.77. The van der Waals surface area contributed by atoms with Gasteiger partial charge in [-0.15, -0.1) is 5.10 Å². The van der Waals surface area contributed by atoms with Crippen LogP contribution in [-0.4, -0.2) is 32.2 Å². The second-order valence-electron chi connectivity index (χ2n) is 6.03. The number of halogens is 1. The summed E-state index contributed by atoms with van der Waals surface area (Å²) in [5.74, 6) is 0.846. The lowest BCUT2D eigenvalue weighted by Gasteiger charge is -2.08. The van der Waals surface area contributed by atoms with Gasteiger partial charge >= 0.3 is 0 Å². The normalized spacial score (nSPS) is 16.6. The molecule has 3 heterocycles. The number of anilines is 1. The van der Waals surface area contributed by atoms with Crippen LogP contribution in [0.3, 0.4) is 0 Å². The van der Waals surface area contributed by atoms with Crippen LogP contribution in [0.15, 0.2) is 48.9 Å². The van der Waals surface area contributed by atoms with Crippen LogP contribution in [0, 0.1) is 0 Å². The van der Waals surface area contributed by atoms with Crippen LogP contribution >= 0.6 is 11.6 Å². The molecule has 0 aliphatic carbocycles. The summed E-state index contributed by atoms with van der Waals surface area (Å²) in [6, 6.07) is 9.25. The summed E-state index contributed by atoms with van der Waals surface area (Å²) < 4.78 is 1.61. The number of benzene rings is 1. The number of para-hydroxylation sites is 1. The monoisotopic (exact) mass is 368 g/mol. The van der Waals surface area contributed by atoms with Crippen molar-refractivity contribution in [2.45, 2.75) is 18.9 Å². The second kappa shape index (κ2) is 7.23. The molecule has 132 valence electrons. The first-order valence-corrected chi connectivity index (χ1v) is 8.76. The highest BCUT2D eigenvalue weighted by atomic mass is 35.5. The SMILES string of the molecule is O=C(Nc1ccn(-c2ccccc2Cl)n1)c1cnc(C2CCCN2)nc1. The molecule has 4 rings (SSSR count). The Balaban J connectivity index is 1.46. The molecule has 1 atom stereocenters. The predicted molar refractivity (Wildman–Crippen MR) is 98.5 cm³/mol. The largest absolute Gasteiger partial charge is 0.307 e. The third kappa shape index (κ3) is 3.44. The number of hydrogen-bond donors (Lipinski definition) is 2. The summed E-state index contributed by atoms with van der Waals surface area (Å²) in [4.78, 5) is 21.0. The molecule has 1 amide bonds. The van der Waals surface area contributed by atoms with Crippen LogP contribution in [0.1, 0.15) is 35.1 Å². The van der Waals surface area contributed by atoms with Crippen molar-refractivity contribution in [3.8, 4) is 5.69 Å². The van der Waals surface area contributed by atoms with E-state index in [9.17, 15) is 4.79 Å². The number of aromatic nitrogens is 4. The van der Waals surface area contributed by atoms with Gasteiger partial charge in [0, 0.05) is 24.7 Å².